The molecular formula is C14H18FN3. The minimum Gasteiger partial charge on any atom is -0.327 e. The lowest BCUT2D eigenvalue weighted by atomic mass is 10.1. The molecule has 0 aliphatic carbocycles. The summed E-state index contributed by atoms with van der Waals surface area (Å²) in [4.78, 5) is 4.33. The highest BCUT2D eigenvalue weighted by molar-refractivity contribution is 5.27. The maximum absolute atomic E-state index is 13.1. The molecule has 18 heavy (non-hydrogen) atoms. The van der Waals surface area contributed by atoms with E-state index in [2.05, 4.69) is 14.9 Å². The number of hydrogen-bond acceptors (Lipinski definition) is 2. The van der Waals surface area contributed by atoms with Gasteiger partial charge in [-0.3, -0.25) is 0 Å². The quantitative estimate of drug-likeness (QED) is 0.899. The molecule has 4 heteroatoms. The van der Waals surface area contributed by atoms with Crippen LogP contribution in [0.1, 0.15) is 22.6 Å². The molecule has 1 heterocycles. The Morgan fingerprint density at radius 2 is 2.11 bits per heavy atom. The molecule has 3 nitrogen and oxygen atoms in total. The predicted molar refractivity (Wildman–Crippen MR) is 70.0 cm³/mol. The van der Waals surface area contributed by atoms with E-state index >= 15 is 0 Å². The molecule has 0 aliphatic heterocycles. The molecule has 1 N–H and O–H groups in total. The van der Waals surface area contributed by atoms with E-state index in [0.717, 1.165) is 35.7 Å². The molecule has 0 aliphatic rings. The summed E-state index contributed by atoms with van der Waals surface area (Å²) < 4.78 is 15.2. The van der Waals surface area contributed by atoms with E-state index in [1.54, 1.807) is 6.07 Å². The summed E-state index contributed by atoms with van der Waals surface area (Å²) in [7, 11) is 1.91. The van der Waals surface area contributed by atoms with Crippen LogP contribution >= 0.6 is 0 Å². The van der Waals surface area contributed by atoms with Crippen LogP contribution < -0.4 is 5.32 Å². The highest BCUT2D eigenvalue weighted by atomic mass is 19.1. The van der Waals surface area contributed by atoms with Crippen LogP contribution in [0.2, 0.25) is 0 Å². The Morgan fingerprint density at radius 3 is 2.78 bits per heavy atom. The summed E-state index contributed by atoms with van der Waals surface area (Å²) in [5, 5.41) is 3.13. The molecule has 1 aromatic heterocycles. The topological polar surface area (TPSA) is 29.9 Å². The second-order valence-electron chi connectivity index (χ2n) is 4.48. The monoisotopic (exact) mass is 247 g/mol. The van der Waals surface area contributed by atoms with Gasteiger partial charge in [-0.05, 0) is 44.2 Å². The first-order chi connectivity index (χ1) is 8.61. The Labute approximate surface area is 107 Å². The van der Waals surface area contributed by atoms with E-state index in [0.29, 0.717) is 0 Å². The first kappa shape index (κ1) is 12.8. The largest absolute Gasteiger partial charge is 0.327 e. The summed E-state index contributed by atoms with van der Waals surface area (Å²) in [5.41, 5.74) is 3.23. The average Bonchev–Trinajstić information content (AvgIpc) is 2.65. The van der Waals surface area contributed by atoms with Gasteiger partial charge in [-0.15, -0.1) is 0 Å². The fourth-order valence-corrected chi connectivity index (χ4v) is 2.06. The third kappa shape index (κ3) is 2.59. The van der Waals surface area contributed by atoms with Crippen molar-refractivity contribution in [2.45, 2.75) is 26.9 Å². The number of nitrogens with one attached hydrogen (secondary N) is 1. The van der Waals surface area contributed by atoms with E-state index in [-0.39, 0.29) is 5.82 Å². The lowest BCUT2D eigenvalue weighted by Crippen LogP contribution is -2.13. The van der Waals surface area contributed by atoms with Crippen molar-refractivity contribution in [3.05, 3.63) is 52.9 Å². The average molecular weight is 247 g/mol. The Balaban J connectivity index is 2.30. The lowest BCUT2D eigenvalue weighted by Gasteiger charge is -2.12. The van der Waals surface area contributed by atoms with Crippen molar-refractivity contribution in [2.75, 3.05) is 7.05 Å². The van der Waals surface area contributed by atoms with Gasteiger partial charge in [-0.25, -0.2) is 9.37 Å². The molecule has 0 saturated heterocycles. The highest BCUT2D eigenvalue weighted by Gasteiger charge is 2.08. The summed E-state index contributed by atoms with van der Waals surface area (Å²) in [5.74, 6) is 0.790. The van der Waals surface area contributed by atoms with Gasteiger partial charge in [0.15, 0.2) is 0 Å². The number of benzene rings is 1. The molecule has 0 spiro atoms. The van der Waals surface area contributed by atoms with Crippen LogP contribution in [0, 0.1) is 19.7 Å². The second-order valence-corrected chi connectivity index (χ2v) is 4.48. The molecule has 0 atom stereocenters. The zero-order chi connectivity index (χ0) is 13.1. The van der Waals surface area contributed by atoms with Gasteiger partial charge in [0.25, 0.3) is 0 Å². The third-order valence-corrected chi connectivity index (χ3v) is 3.13. The minimum atomic E-state index is -0.186. The van der Waals surface area contributed by atoms with Crippen molar-refractivity contribution < 1.29 is 4.39 Å². The molecule has 1 aromatic carbocycles. The van der Waals surface area contributed by atoms with Crippen molar-refractivity contribution >= 4 is 0 Å². The Morgan fingerprint density at radius 1 is 1.33 bits per heavy atom. The number of rotatable bonds is 4. The molecule has 0 amide bonds. The molecule has 96 valence electrons. The van der Waals surface area contributed by atoms with E-state index in [1.165, 1.54) is 6.07 Å². The van der Waals surface area contributed by atoms with Gasteiger partial charge in [0.05, 0.1) is 5.69 Å². The Bertz CT molecular complexity index is 546. The molecule has 2 rings (SSSR count). The van der Waals surface area contributed by atoms with Crippen LogP contribution in [0.4, 0.5) is 4.39 Å². The van der Waals surface area contributed by atoms with E-state index in [1.807, 2.05) is 33.2 Å². The first-order valence-corrected chi connectivity index (χ1v) is 6.02. The van der Waals surface area contributed by atoms with Gasteiger partial charge in [0.1, 0.15) is 11.6 Å². The number of halogens is 1. The number of aryl methyl sites for hydroxylation is 2. The van der Waals surface area contributed by atoms with Crippen LogP contribution in [-0.4, -0.2) is 16.6 Å². The molecule has 0 radical (unpaired) electrons. The van der Waals surface area contributed by atoms with Crippen LogP contribution in [0.15, 0.2) is 24.4 Å². The van der Waals surface area contributed by atoms with Crippen LogP contribution in [-0.2, 0) is 13.1 Å². The van der Waals surface area contributed by atoms with Gasteiger partial charge >= 0.3 is 0 Å². The van der Waals surface area contributed by atoms with Crippen LogP contribution in [0.3, 0.4) is 0 Å². The number of imidazole rings is 1. The smallest absolute Gasteiger partial charge is 0.123 e. The number of nitrogens with zero attached hydrogens (tertiary/aromatic N) is 2. The van der Waals surface area contributed by atoms with Gasteiger partial charge in [-0.2, -0.15) is 0 Å². The Kier molecular flexibility index (Phi) is 3.77. The van der Waals surface area contributed by atoms with Crippen LogP contribution in [0.25, 0.3) is 0 Å². The molecule has 0 unspecified atom stereocenters. The zero-order valence-corrected chi connectivity index (χ0v) is 11.0. The van der Waals surface area contributed by atoms with E-state index in [4.69, 9.17) is 0 Å². The van der Waals surface area contributed by atoms with Crippen molar-refractivity contribution in [2.24, 2.45) is 0 Å². The van der Waals surface area contributed by atoms with Crippen LogP contribution in [0.5, 0.6) is 0 Å². The van der Waals surface area contributed by atoms with Crippen molar-refractivity contribution in [3.63, 3.8) is 0 Å². The van der Waals surface area contributed by atoms with Gasteiger partial charge in [-0.1, -0.05) is 6.07 Å². The molecule has 0 saturated carbocycles. The first-order valence-electron chi connectivity index (χ1n) is 6.02. The minimum absolute atomic E-state index is 0.186. The normalized spacial score (nSPS) is 10.9. The van der Waals surface area contributed by atoms with Crippen molar-refractivity contribution in [1.29, 1.82) is 0 Å². The lowest BCUT2D eigenvalue weighted by molar-refractivity contribution is 0.623. The van der Waals surface area contributed by atoms with E-state index in [9.17, 15) is 4.39 Å². The highest BCUT2D eigenvalue weighted by Crippen LogP contribution is 2.14. The number of hydrogen-bond donors (Lipinski definition) is 1. The van der Waals surface area contributed by atoms with Crippen molar-refractivity contribution in [1.82, 2.24) is 14.9 Å². The molecule has 0 fully saturated rings. The fourth-order valence-electron chi connectivity index (χ4n) is 2.06. The summed E-state index contributed by atoms with van der Waals surface area (Å²) in [6.07, 6.45) is 1.88. The predicted octanol–water partition coefficient (Wildman–Crippen LogP) is 2.41. The maximum atomic E-state index is 13.1. The SMILES string of the molecule is CNCc1cnc(C)n1Cc1ccc(F)cc1C. The number of aromatic nitrogens is 2. The van der Waals surface area contributed by atoms with Gasteiger partial charge in [0.2, 0.25) is 0 Å². The Hall–Kier alpha value is -1.68. The zero-order valence-electron chi connectivity index (χ0n) is 11.0. The molecular weight excluding hydrogens is 229 g/mol. The van der Waals surface area contributed by atoms with Gasteiger partial charge < -0.3 is 9.88 Å². The van der Waals surface area contributed by atoms with E-state index < -0.39 is 0 Å². The standard InChI is InChI=1S/C14H18FN3/c1-10-6-13(15)5-4-12(10)9-18-11(2)17-8-14(18)7-16-3/h4-6,8,16H,7,9H2,1-3H3. The maximum Gasteiger partial charge on any atom is 0.123 e. The van der Waals surface area contributed by atoms with Gasteiger partial charge in [0, 0.05) is 19.3 Å². The summed E-state index contributed by atoms with van der Waals surface area (Å²) >= 11 is 0. The molecule has 2 aromatic rings. The summed E-state index contributed by atoms with van der Waals surface area (Å²) in [6, 6.07) is 4.92. The molecule has 0 bridgehead atoms. The second kappa shape index (κ2) is 5.31. The fraction of sp³-hybridized carbons (Fsp3) is 0.357. The third-order valence-electron chi connectivity index (χ3n) is 3.13. The summed E-state index contributed by atoms with van der Waals surface area (Å²) in [6.45, 7) is 5.43. The van der Waals surface area contributed by atoms with Crippen molar-refractivity contribution in [3.8, 4) is 0 Å².